The van der Waals surface area contributed by atoms with E-state index in [0.717, 1.165) is 51.9 Å². The Labute approximate surface area is 91.0 Å². The maximum Gasteiger partial charge on any atom is 0.243 e. The Morgan fingerprint density at radius 1 is 1.40 bits per heavy atom. The number of carbonyl (C=O) groups is 1. The van der Waals surface area contributed by atoms with Crippen LogP contribution in [0.2, 0.25) is 0 Å². The Morgan fingerprint density at radius 3 is 2.80 bits per heavy atom. The van der Waals surface area contributed by atoms with Gasteiger partial charge in [0.15, 0.2) is 0 Å². The molecule has 2 rings (SSSR count). The van der Waals surface area contributed by atoms with Gasteiger partial charge >= 0.3 is 0 Å². The fourth-order valence-corrected chi connectivity index (χ4v) is 2.12. The van der Waals surface area contributed by atoms with Crippen LogP contribution in [0.5, 0.6) is 0 Å². The first kappa shape index (κ1) is 10.9. The minimum Gasteiger partial charge on any atom is -0.385 e. The molecular formula is C11H20N2O2. The minimum absolute atomic E-state index is 0.119. The molecule has 0 aromatic heterocycles. The highest BCUT2D eigenvalue weighted by molar-refractivity contribution is 5.91. The van der Waals surface area contributed by atoms with E-state index in [4.69, 9.17) is 4.74 Å². The number of rotatable bonds is 6. The predicted octanol–water partition coefficient (Wildman–Crippen LogP) is 0.725. The first-order valence-corrected chi connectivity index (χ1v) is 5.82. The molecule has 4 heteroatoms. The van der Waals surface area contributed by atoms with Crippen molar-refractivity contribution in [2.24, 2.45) is 0 Å². The number of nitrogens with one attached hydrogen (secondary N) is 1. The van der Waals surface area contributed by atoms with Gasteiger partial charge in [-0.25, -0.2) is 0 Å². The van der Waals surface area contributed by atoms with E-state index in [1.54, 1.807) is 7.11 Å². The predicted molar refractivity (Wildman–Crippen MR) is 57.4 cm³/mol. The molecule has 2 aliphatic rings. The first-order chi connectivity index (χ1) is 7.28. The summed E-state index contributed by atoms with van der Waals surface area (Å²) in [5, 5.41) is 3.31. The lowest BCUT2D eigenvalue weighted by molar-refractivity contribution is -0.129. The van der Waals surface area contributed by atoms with E-state index in [1.165, 1.54) is 0 Å². The number of nitrogens with zero attached hydrogens (tertiary/aromatic N) is 1. The van der Waals surface area contributed by atoms with Gasteiger partial charge in [0.25, 0.3) is 0 Å². The van der Waals surface area contributed by atoms with Gasteiger partial charge in [-0.2, -0.15) is 0 Å². The zero-order chi connectivity index (χ0) is 10.7. The molecule has 1 heterocycles. The van der Waals surface area contributed by atoms with Gasteiger partial charge in [-0.15, -0.1) is 0 Å². The maximum absolute atomic E-state index is 11.8. The van der Waals surface area contributed by atoms with Crippen LogP contribution in [0, 0.1) is 0 Å². The summed E-state index contributed by atoms with van der Waals surface area (Å²) in [6.07, 6.45) is 5.40. The lowest BCUT2D eigenvalue weighted by atomic mass is 10.2. The highest BCUT2D eigenvalue weighted by Gasteiger charge is 2.55. The number of hydrogen-bond acceptors (Lipinski definition) is 3. The van der Waals surface area contributed by atoms with Gasteiger partial charge in [0.1, 0.15) is 0 Å². The standard InChI is InChI=1S/C11H20N2O2/c1-15-8-4-2-3-7-13-9-12-11(5-6-11)10(13)14/h12H,2-9H2,1H3. The van der Waals surface area contributed by atoms with Crippen LogP contribution in [-0.4, -0.2) is 43.3 Å². The lowest BCUT2D eigenvalue weighted by Crippen LogP contribution is -2.32. The average molecular weight is 212 g/mol. The summed E-state index contributed by atoms with van der Waals surface area (Å²) >= 11 is 0. The topological polar surface area (TPSA) is 41.6 Å². The number of amides is 1. The van der Waals surface area contributed by atoms with Gasteiger partial charge in [0.2, 0.25) is 5.91 Å². The zero-order valence-corrected chi connectivity index (χ0v) is 9.42. The van der Waals surface area contributed by atoms with Crippen LogP contribution in [-0.2, 0) is 9.53 Å². The smallest absolute Gasteiger partial charge is 0.243 e. The Morgan fingerprint density at radius 2 is 2.20 bits per heavy atom. The highest BCUT2D eigenvalue weighted by Crippen LogP contribution is 2.40. The van der Waals surface area contributed by atoms with Gasteiger partial charge in [-0.1, -0.05) is 0 Å². The van der Waals surface area contributed by atoms with Crippen LogP contribution in [0.15, 0.2) is 0 Å². The summed E-state index contributed by atoms with van der Waals surface area (Å²) in [5.41, 5.74) is -0.119. The fraction of sp³-hybridized carbons (Fsp3) is 0.909. The number of methoxy groups -OCH3 is 1. The molecule has 1 saturated heterocycles. The molecule has 1 aliphatic carbocycles. The third kappa shape index (κ3) is 2.32. The Balaban J connectivity index is 1.62. The quantitative estimate of drug-likeness (QED) is 0.660. The van der Waals surface area contributed by atoms with Crippen LogP contribution in [0.1, 0.15) is 32.1 Å². The molecule has 1 spiro atoms. The summed E-state index contributed by atoms with van der Waals surface area (Å²) in [7, 11) is 1.73. The highest BCUT2D eigenvalue weighted by atomic mass is 16.5. The Kier molecular flexibility index (Phi) is 3.26. The molecule has 0 bridgehead atoms. The number of carbonyl (C=O) groups excluding carboxylic acids is 1. The van der Waals surface area contributed by atoms with Crippen molar-refractivity contribution < 1.29 is 9.53 Å². The van der Waals surface area contributed by atoms with Crippen LogP contribution in [0.4, 0.5) is 0 Å². The Hall–Kier alpha value is -0.610. The van der Waals surface area contributed by atoms with Crippen LogP contribution >= 0.6 is 0 Å². The second-order valence-corrected chi connectivity index (χ2v) is 4.54. The third-order valence-electron chi connectivity index (χ3n) is 3.33. The van der Waals surface area contributed by atoms with Crippen molar-refractivity contribution in [3.63, 3.8) is 0 Å². The van der Waals surface area contributed by atoms with Crippen molar-refractivity contribution in [3.05, 3.63) is 0 Å². The molecule has 4 nitrogen and oxygen atoms in total. The summed E-state index contributed by atoms with van der Waals surface area (Å²) in [4.78, 5) is 13.8. The summed E-state index contributed by atoms with van der Waals surface area (Å²) < 4.78 is 4.99. The van der Waals surface area contributed by atoms with Crippen molar-refractivity contribution in [1.82, 2.24) is 10.2 Å². The van der Waals surface area contributed by atoms with E-state index in [9.17, 15) is 4.79 Å². The first-order valence-electron chi connectivity index (χ1n) is 5.82. The minimum atomic E-state index is -0.119. The van der Waals surface area contributed by atoms with Crippen molar-refractivity contribution in [3.8, 4) is 0 Å². The van der Waals surface area contributed by atoms with E-state index in [1.807, 2.05) is 4.90 Å². The molecule has 1 N–H and O–H groups in total. The van der Waals surface area contributed by atoms with E-state index in [-0.39, 0.29) is 5.54 Å². The molecule has 0 aromatic carbocycles. The van der Waals surface area contributed by atoms with Gasteiger partial charge in [-0.3, -0.25) is 10.1 Å². The Bertz CT molecular complexity index is 239. The van der Waals surface area contributed by atoms with Crippen molar-refractivity contribution >= 4 is 5.91 Å². The third-order valence-corrected chi connectivity index (χ3v) is 3.33. The van der Waals surface area contributed by atoms with Gasteiger partial charge < -0.3 is 9.64 Å². The molecule has 1 saturated carbocycles. The summed E-state index contributed by atoms with van der Waals surface area (Å²) in [6.45, 7) is 2.48. The van der Waals surface area contributed by atoms with E-state index < -0.39 is 0 Å². The number of hydrogen-bond donors (Lipinski definition) is 1. The maximum atomic E-state index is 11.8. The van der Waals surface area contributed by atoms with Crippen molar-refractivity contribution in [1.29, 1.82) is 0 Å². The molecular weight excluding hydrogens is 192 g/mol. The second kappa shape index (κ2) is 4.49. The molecule has 1 amide bonds. The van der Waals surface area contributed by atoms with Gasteiger partial charge in [-0.05, 0) is 32.1 Å². The molecule has 0 radical (unpaired) electrons. The fourth-order valence-electron chi connectivity index (χ4n) is 2.12. The molecule has 2 fully saturated rings. The summed E-state index contributed by atoms with van der Waals surface area (Å²) in [6, 6.07) is 0. The van der Waals surface area contributed by atoms with Crippen LogP contribution in [0.25, 0.3) is 0 Å². The normalized spacial score (nSPS) is 22.7. The monoisotopic (exact) mass is 212 g/mol. The summed E-state index contributed by atoms with van der Waals surface area (Å²) in [5.74, 6) is 0.328. The molecule has 86 valence electrons. The SMILES string of the molecule is COCCCCCN1CNC2(CC2)C1=O. The van der Waals surface area contributed by atoms with E-state index >= 15 is 0 Å². The number of unbranched alkanes of at least 4 members (excludes halogenated alkanes) is 2. The molecule has 0 aromatic rings. The van der Waals surface area contributed by atoms with E-state index in [2.05, 4.69) is 5.32 Å². The van der Waals surface area contributed by atoms with Gasteiger partial charge in [0.05, 0.1) is 12.2 Å². The van der Waals surface area contributed by atoms with Crippen molar-refractivity contribution in [2.45, 2.75) is 37.6 Å². The van der Waals surface area contributed by atoms with Crippen LogP contribution in [0.3, 0.4) is 0 Å². The van der Waals surface area contributed by atoms with Crippen LogP contribution < -0.4 is 5.32 Å². The van der Waals surface area contributed by atoms with E-state index in [0.29, 0.717) is 5.91 Å². The molecule has 0 unspecified atom stereocenters. The van der Waals surface area contributed by atoms with Gasteiger partial charge in [0, 0.05) is 20.3 Å². The average Bonchev–Trinajstić information content (AvgIpc) is 2.96. The lowest BCUT2D eigenvalue weighted by Gasteiger charge is -2.14. The second-order valence-electron chi connectivity index (χ2n) is 4.54. The van der Waals surface area contributed by atoms with Crippen molar-refractivity contribution in [2.75, 3.05) is 26.9 Å². The molecule has 15 heavy (non-hydrogen) atoms. The molecule has 1 aliphatic heterocycles. The number of ether oxygens (including phenoxy) is 1. The largest absolute Gasteiger partial charge is 0.385 e. The zero-order valence-electron chi connectivity index (χ0n) is 9.42. The molecule has 0 atom stereocenters.